The smallest absolute Gasteiger partial charge is 0.205 e. The summed E-state index contributed by atoms with van der Waals surface area (Å²) in [5.41, 5.74) is 1.14. The molecule has 0 spiro atoms. The van der Waals surface area contributed by atoms with Gasteiger partial charge in [-0.1, -0.05) is 31.4 Å². The van der Waals surface area contributed by atoms with Gasteiger partial charge in [0.25, 0.3) is 0 Å². The third-order valence-corrected chi connectivity index (χ3v) is 2.68. The normalized spacial score (nSPS) is 9.44. The molecular weight excluding hydrogens is 224 g/mol. The third kappa shape index (κ3) is 5.54. The maximum atomic E-state index is 11.5. The van der Waals surface area contributed by atoms with E-state index in [1.54, 1.807) is 7.11 Å². The predicted molar refractivity (Wildman–Crippen MR) is 73.6 cm³/mol. The molecule has 0 heterocycles. The molecule has 0 fully saturated rings. The standard InChI is InChI=1S/C16H20O2/c1-3-4-5-6-7-15(17)11-8-14-9-12-16(18-2)13-10-14/h9-10,12-13H,3-5,8,11H2,1-2H3. The van der Waals surface area contributed by atoms with Crippen LogP contribution in [0.4, 0.5) is 0 Å². The molecule has 0 amide bonds. The molecule has 0 N–H and O–H groups in total. The lowest BCUT2D eigenvalue weighted by atomic mass is 10.1. The highest BCUT2D eigenvalue weighted by molar-refractivity contribution is 5.95. The van der Waals surface area contributed by atoms with E-state index >= 15 is 0 Å². The zero-order chi connectivity index (χ0) is 13.2. The van der Waals surface area contributed by atoms with Crippen molar-refractivity contribution in [3.8, 4) is 17.6 Å². The molecule has 0 aliphatic carbocycles. The highest BCUT2D eigenvalue weighted by atomic mass is 16.5. The second-order valence-electron chi connectivity index (χ2n) is 4.18. The van der Waals surface area contributed by atoms with E-state index in [2.05, 4.69) is 18.8 Å². The number of unbranched alkanes of at least 4 members (excludes halogenated alkanes) is 2. The van der Waals surface area contributed by atoms with E-state index in [0.29, 0.717) is 6.42 Å². The Morgan fingerprint density at radius 1 is 1.28 bits per heavy atom. The Kier molecular flexibility index (Phi) is 6.64. The molecular formula is C16H20O2. The van der Waals surface area contributed by atoms with Crippen LogP contribution in [0, 0.1) is 11.8 Å². The summed E-state index contributed by atoms with van der Waals surface area (Å²) in [5.74, 6) is 6.48. The Morgan fingerprint density at radius 2 is 2.00 bits per heavy atom. The van der Waals surface area contributed by atoms with Crippen LogP contribution in [0.5, 0.6) is 5.75 Å². The van der Waals surface area contributed by atoms with Gasteiger partial charge in [-0.25, -0.2) is 0 Å². The van der Waals surface area contributed by atoms with E-state index < -0.39 is 0 Å². The van der Waals surface area contributed by atoms with Gasteiger partial charge in [0.15, 0.2) is 0 Å². The highest BCUT2D eigenvalue weighted by Gasteiger charge is 1.99. The number of methoxy groups -OCH3 is 1. The number of ketones is 1. The lowest BCUT2D eigenvalue weighted by Crippen LogP contribution is -1.96. The predicted octanol–water partition coefficient (Wildman–Crippen LogP) is 3.39. The first-order valence-electron chi connectivity index (χ1n) is 6.41. The first kappa shape index (κ1) is 14.3. The zero-order valence-electron chi connectivity index (χ0n) is 11.2. The summed E-state index contributed by atoms with van der Waals surface area (Å²) in [7, 11) is 1.64. The number of aryl methyl sites for hydroxylation is 1. The van der Waals surface area contributed by atoms with E-state index in [9.17, 15) is 4.79 Å². The molecule has 0 radical (unpaired) electrons. The average Bonchev–Trinajstić information content (AvgIpc) is 2.42. The first-order chi connectivity index (χ1) is 8.76. The quantitative estimate of drug-likeness (QED) is 0.435. The fourth-order valence-corrected chi connectivity index (χ4v) is 1.54. The van der Waals surface area contributed by atoms with Crippen molar-refractivity contribution in [2.75, 3.05) is 7.11 Å². The lowest BCUT2D eigenvalue weighted by Gasteiger charge is -2.01. The summed E-state index contributed by atoms with van der Waals surface area (Å²) in [6, 6.07) is 7.78. The number of benzene rings is 1. The Hall–Kier alpha value is -1.75. The summed E-state index contributed by atoms with van der Waals surface area (Å²) in [6.45, 7) is 2.12. The van der Waals surface area contributed by atoms with Crippen molar-refractivity contribution in [3.05, 3.63) is 29.8 Å². The molecule has 96 valence electrons. The number of carbonyl (C=O) groups is 1. The summed E-state index contributed by atoms with van der Waals surface area (Å²) < 4.78 is 5.08. The SMILES string of the molecule is CCCCC#CC(=O)CCc1ccc(OC)cc1. The number of rotatable bonds is 6. The topological polar surface area (TPSA) is 26.3 Å². The number of ether oxygens (including phenoxy) is 1. The third-order valence-electron chi connectivity index (χ3n) is 2.68. The molecule has 0 saturated heterocycles. The van der Waals surface area contributed by atoms with E-state index in [-0.39, 0.29) is 5.78 Å². The van der Waals surface area contributed by atoms with Crippen LogP contribution in [-0.4, -0.2) is 12.9 Å². The molecule has 0 atom stereocenters. The van der Waals surface area contributed by atoms with E-state index in [1.807, 2.05) is 24.3 Å². The molecule has 1 aromatic rings. The van der Waals surface area contributed by atoms with Crippen LogP contribution in [-0.2, 0) is 11.2 Å². The Bertz CT molecular complexity index is 421. The second kappa shape index (κ2) is 8.36. The van der Waals surface area contributed by atoms with E-state index in [1.165, 1.54) is 0 Å². The summed E-state index contributed by atoms with van der Waals surface area (Å²) in [4.78, 5) is 11.5. The fourth-order valence-electron chi connectivity index (χ4n) is 1.54. The van der Waals surface area contributed by atoms with Gasteiger partial charge < -0.3 is 4.74 Å². The fraction of sp³-hybridized carbons (Fsp3) is 0.438. The molecule has 0 aromatic heterocycles. The number of hydrogen-bond donors (Lipinski definition) is 0. The van der Waals surface area contributed by atoms with Gasteiger partial charge in [0.05, 0.1) is 7.11 Å². The van der Waals surface area contributed by atoms with Gasteiger partial charge in [0, 0.05) is 12.8 Å². The molecule has 18 heavy (non-hydrogen) atoms. The van der Waals surface area contributed by atoms with Crippen LogP contribution < -0.4 is 4.74 Å². The maximum absolute atomic E-state index is 11.5. The average molecular weight is 244 g/mol. The largest absolute Gasteiger partial charge is 0.497 e. The Morgan fingerprint density at radius 3 is 2.61 bits per heavy atom. The number of Topliss-reactive ketones (excluding diaryl/α,β-unsaturated/α-hetero) is 1. The van der Waals surface area contributed by atoms with Gasteiger partial charge in [0.2, 0.25) is 5.78 Å². The van der Waals surface area contributed by atoms with E-state index in [4.69, 9.17) is 4.74 Å². The molecule has 2 heteroatoms. The van der Waals surface area contributed by atoms with Gasteiger partial charge in [-0.3, -0.25) is 4.79 Å². The minimum absolute atomic E-state index is 0.0296. The van der Waals surface area contributed by atoms with Crippen LogP contribution >= 0.6 is 0 Å². The van der Waals surface area contributed by atoms with Gasteiger partial charge in [-0.05, 0) is 36.5 Å². The molecule has 0 aliphatic heterocycles. The minimum Gasteiger partial charge on any atom is -0.497 e. The Labute approximate surface area is 109 Å². The molecule has 1 aromatic carbocycles. The van der Waals surface area contributed by atoms with Crippen molar-refractivity contribution >= 4 is 5.78 Å². The molecule has 2 nitrogen and oxygen atoms in total. The molecule has 0 unspecified atom stereocenters. The van der Waals surface area contributed by atoms with Crippen LogP contribution in [0.3, 0.4) is 0 Å². The molecule has 0 saturated carbocycles. The lowest BCUT2D eigenvalue weighted by molar-refractivity contribution is -0.113. The summed E-state index contributed by atoms with van der Waals surface area (Å²) >= 11 is 0. The van der Waals surface area contributed by atoms with Crippen molar-refractivity contribution < 1.29 is 9.53 Å². The highest BCUT2D eigenvalue weighted by Crippen LogP contribution is 2.12. The molecule has 1 rings (SSSR count). The van der Waals surface area contributed by atoms with Crippen LogP contribution in [0.2, 0.25) is 0 Å². The van der Waals surface area contributed by atoms with Crippen molar-refractivity contribution in [2.45, 2.75) is 39.0 Å². The van der Waals surface area contributed by atoms with Crippen molar-refractivity contribution in [3.63, 3.8) is 0 Å². The number of hydrogen-bond acceptors (Lipinski definition) is 2. The Balaban J connectivity index is 2.34. The maximum Gasteiger partial charge on any atom is 0.205 e. The molecule has 0 bridgehead atoms. The van der Waals surface area contributed by atoms with Crippen LogP contribution in [0.1, 0.15) is 38.2 Å². The molecule has 0 aliphatic rings. The van der Waals surface area contributed by atoms with E-state index in [0.717, 1.165) is 37.0 Å². The van der Waals surface area contributed by atoms with Crippen LogP contribution in [0.25, 0.3) is 0 Å². The number of carbonyl (C=O) groups excluding carboxylic acids is 1. The summed E-state index contributed by atoms with van der Waals surface area (Å²) in [6.07, 6.45) is 4.25. The summed E-state index contributed by atoms with van der Waals surface area (Å²) in [5, 5.41) is 0. The van der Waals surface area contributed by atoms with Crippen molar-refractivity contribution in [2.24, 2.45) is 0 Å². The van der Waals surface area contributed by atoms with Crippen molar-refractivity contribution in [1.82, 2.24) is 0 Å². The second-order valence-corrected chi connectivity index (χ2v) is 4.18. The van der Waals surface area contributed by atoms with Gasteiger partial charge in [-0.2, -0.15) is 0 Å². The van der Waals surface area contributed by atoms with Crippen molar-refractivity contribution in [1.29, 1.82) is 0 Å². The zero-order valence-corrected chi connectivity index (χ0v) is 11.2. The van der Waals surface area contributed by atoms with Gasteiger partial charge in [-0.15, -0.1) is 0 Å². The first-order valence-corrected chi connectivity index (χ1v) is 6.41. The van der Waals surface area contributed by atoms with Crippen LogP contribution in [0.15, 0.2) is 24.3 Å². The monoisotopic (exact) mass is 244 g/mol. The van der Waals surface area contributed by atoms with Gasteiger partial charge >= 0.3 is 0 Å². The van der Waals surface area contributed by atoms with Gasteiger partial charge in [0.1, 0.15) is 5.75 Å². The minimum atomic E-state index is 0.0296.